The van der Waals surface area contributed by atoms with Gasteiger partial charge in [-0.15, -0.1) is 0 Å². The standard InChI is InChI=1S/C22H32O3/c1-15(23)25-14-22-11-5-10-20(2,3)17(22)8-12-21(4)18(22)7-6-16-9-13-24-19(16)21/h9,13,17-18H,5-8,10-12,14H2,1-4H3/t17-,18-,21+,22+/m0/s1. The predicted octanol–water partition coefficient (Wildman–Crippen LogP) is 5.27. The van der Waals surface area contributed by atoms with Gasteiger partial charge in [0.1, 0.15) is 5.76 Å². The molecule has 0 unspecified atom stereocenters. The monoisotopic (exact) mass is 344 g/mol. The fourth-order valence-corrected chi connectivity index (χ4v) is 7.07. The fraction of sp³-hybridized carbons (Fsp3) is 0.773. The Morgan fingerprint density at radius 1 is 1.20 bits per heavy atom. The summed E-state index contributed by atoms with van der Waals surface area (Å²) >= 11 is 0. The molecule has 0 radical (unpaired) electrons. The average Bonchev–Trinajstić information content (AvgIpc) is 3.02. The molecule has 1 aromatic rings. The maximum atomic E-state index is 11.7. The minimum Gasteiger partial charge on any atom is -0.468 e. The quantitative estimate of drug-likeness (QED) is 0.686. The summed E-state index contributed by atoms with van der Waals surface area (Å²) in [7, 11) is 0. The molecule has 0 bridgehead atoms. The van der Waals surface area contributed by atoms with Gasteiger partial charge in [0.25, 0.3) is 0 Å². The summed E-state index contributed by atoms with van der Waals surface area (Å²) < 4.78 is 11.8. The molecule has 3 nitrogen and oxygen atoms in total. The van der Waals surface area contributed by atoms with Crippen LogP contribution in [0.3, 0.4) is 0 Å². The fourth-order valence-electron chi connectivity index (χ4n) is 7.07. The molecule has 0 aliphatic heterocycles. The van der Waals surface area contributed by atoms with Crippen molar-refractivity contribution in [1.29, 1.82) is 0 Å². The van der Waals surface area contributed by atoms with E-state index in [1.807, 2.05) is 6.26 Å². The molecular weight excluding hydrogens is 312 g/mol. The van der Waals surface area contributed by atoms with E-state index in [4.69, 9.17) is 9.15 Å². The Balaban J connectivity index is 1.80. The number of furan rings is 1. The second kappa shape index (κ2) is 5.62. The molecule has 0 spiro atoms. The molecule has 0 saturated heterocycles. The van der Waals surface area contributed by atoms with Crippen molar-refractivity contribution in [3.63, 3.8) is 0 Å². The van der Waals surface area contributed by atoms with Crippen LogP contribution in [0.5, 0.6) is 0 Å². The minimum absolute atomic E-state index is 0.0845. The number of ether oxygens (including phenoxy) is 1. The summed E-state index contributed by atoms with van der Waals surface area (Å²) in [6.45, 7) is 9.42. The number of fused-ring (bicyclic) bond motifs is 5. The van der Waals surface area contributed by atoms with E-state index >= 15 is 0 Å². The number of hydrogen-bond acceptors (Lipinski definition) is 3. The van der Waals surface area contributed by atoms with Crippen molar-refractivity contribution in [3.05, 3.63) is 23.7 Å². The third kappa shape index (κ3) is 2.41. The Morgan fingerprint density at radius 2 is 2.00 bits per heavy atom. The molecular formula is C22H32O3. The summed E-state index contributed by atoms with van der Waals surface area (Å²) in [6, 6.07) is 2.16. The molecule has 2 saturated carbocycles. The molecule has 0 aromatic carbocycles. The highest BCUT2D eigenvalue weighted by Gasteiger charge is 2.63. The maximum absolute atomic E-state index is 11.7. The van der Waals surface area contributed by atoms with Gasteiger partial charge in [0.15, 0.2) is 0 Å². The molecule has 25 heavy (non-hydrogen) atoms. The van der Waals surface area contributed by atoms with Gasteiger partial charge in [-0.05, 0) is 67.4 Å². The van der Waals surface area contributed by atoms with Crippen molar-refractivity contribution in [2.24, 2.45) is 22.7 Å². The van der Waals surface area contributed by atoms with Crippen LogP contribution < -0.4 is 0 Å². The van der Waals surface area contributed by atoms with E-state index in [-0.39, 0.29) is 16.8 Å². The van der Waals surface area contributed by atoms with Crippen molar-refractivity contribution in [2.75, 3.05) is 6.61 Å². The van der Waals surface area contributed by atoms with Crippen LogP contribution in [0.4, 0.5) is 0 Å². The van der Waals surface area contributed by atoms with E-state index in [1.54, 1.807) is 6.92 Å². The molecule has 4 rings (SSSR count). The van der Waals surface area contributed by atoms with E-state index in [2.05, 4.69) is 26.8 Å². The lowest BCUT2D eigenvalue weighted by atomic mass is 9.41. The van der Waals surface area contributed by atoms with Gasteiger partial charge in [0, 0.05) is 17.8 Å². The third-order valence-corrected chi connectivity index (χ3v) is 8.03. The summed E-state index contributed by atoms with van der Waals surface area (Å²) in [5.74, 6) is 2.24. The van der Waals surface area contributed by atoms with Gasteiger partial charge >= 0.3 is 5.97 Å². The largest absolute Gasteiger partial charge is 0.468 e. The van der Waals surface area contributed by atoms with Crippen LogP contribution >= 0.6 is 0 Å². The van der Waals surface area contributed by atoms with Crippen LogP contribution in [-0.2, 0) is 21.4 Å². The highest BCUT2D eigenvalue weighted by Crippen LogP contribution is 2.67. The normalized spacial score (nSPS) is 39.0. The van der Waals surface area contributed by atoms with Crippen LogP contribution in [0, 0.1) is 22.7 Å². The summed E-state index contributed by atoms with van der Waals surface area (Å²) in [5.41, 5.74) is 1.91. The molecule has 3 aliphatic rings. The van der Waals surface area contributed by atoms with Gasteiger partial charge in [-0.25, -0.2) is 0 Å². The SMILES string of the molecule is CC(=O)OC[C@]12CCCC(C)(C)[C@@H]1CC[C@@]1(C)c3occc3CC[C@H]21. The second-order valence-corrected chi connectivity index (χ2v) is 9.73. The van der Waals surface area contributed by atoms with Crippen LogP contribution in [0.2, 0.25) is 0 Å². The Kier molecular flexibility index (Phi) is 3.86. The average molecular weight is 344 g/mol. The van der Waals surface area contributed by atoms with Crippen molar-refractivity contribution >= 4 is 5.97 Å². The van der Waals surface area contributed by atoms with Crippen LogP contribution in [0.1, 0.15) is 77.5 Å². The summed E-state index contributed by atoms with van der Waals surface area (Å²) in [4.78, 5) is 11.7. The Labute approximate surface area is 151 Å². The smallest absolute Gasteiger partial charge is 0.302 e. The van der Waals surface area contributed by atoms with Crippen molar-refractivity contribution in [3.8, 4) is 0 Å². The number of esters is 1. The van der Waals surface area contributed by atoms with E-state index in [9.17, 15) is 4.79 Å². The molecule has 3 aliphatic carbocycles. The van der Waals surface area contributed by atoms with E-state index < -0.39 is 0 Å². The Bertz CT molecular complexity index is 673. The third-order valence-electron chi connectivity index (χ3n) is 8.03. The lowest BCUT2D eigenvalue weighted by molar-refractivity contribution is -0.174. The zero-order chi connectivity index (χ0) is 17.9. The predicted molar refractivity (Wildman–Crippen MR) is 97.3 cm³/mol. The first-order valence-electron chi connectivity index (χ1n) is 10.00. The number of rotatable bonds is 2. The first kappa shape index (κ1) is 17.2. The Hall–Kier alpha value is -1.25. The topological polar surface area (TPSA) is 39.4 Å². The van der Waals surface area contributed by atoms with Gasteiger partial charge < -0.3 is 9.15 Å². The summed E-state index contributed by atoms with van der Waals surface area (Å²) in [5, 5.41) is 0. The number of carbonyl (C=O) groups is 1. The van der Waals surface area contributed by atoms with Gasteiger partial charge in [-0.1, -0.05) is 27.2 Å². The molecule has 138 valence electrons. The highest BCUT2D eigenvalue weighted by atomic mass is 16.5. The van der Waals surface area contributed by atoms with Crippen molar-refractivity contribution < 1.29 is 13.9 Å². The Morgan fingerprint density at radius 3 is 2.76 bits per heavy atom. The van der Waals surface area contributed by atoms with Crippen LogP contribution in [-0.4, -0.2) is 12.6 Å². The summed E-state index contributed by atoms with van der Waals surface area (Å²) in [6.07, 6.45) is 10.3. The van der Waals surface area contributed by atoms with E-state index in [1.165, 1.54) is 49.8 Å². The molecule has 2 fully saturated rings. The molecule has 1 aromatic heterocycles. The van der Waals surface area contributed by atoms with Gasteiger partial charge in [-0.3, -0.25) is 4.79 Å². The van der Waals surface area contributed by atoms with Crippen molar-refractivity contribution in [1.82, 2.24) is 0 Å². The highest BCUT2D eigenvalue weighted by molar-refractivity contribution is 5.66. The molecule has 0 N–H and O–H groups in total. The zero-order valence-corrected chi connectivity index (χ0v) is 16.2. The minimum atomic E-state index is -0.140. The first-order chi connectivity index (χ1) is 11.8. The van der Waals surface area contributed by atoms with Crippen LogP contribution in [0.25, 0.3) is 0 Å². The molecule has 1 heterocycles. The van der Waals surface area contributed by atoms with E-state index in [0.29, 0.717) is 23.9 Å². The van der Waals surface area contributed by atoms with E-state index in [0.717, 1.165) is 6.42 Å². The molecule has 4 atom stereocenters. The molecule has 3 heteroatoms. The number of hydrogen-bond donors (Lipinski definition) is 0. The maximum Gasteiger partial charge on any atom is 0.302 e. The van der Waals surface area contributed by atoms with Crippen molar-refractivity contribution in [2.45, 2.75) is 78.1 Å². The number of carbonyl (C=O) groups excluding carboxylic acids is 1. The van der Waals surface area contributed by atoms with Gasteiger partial charge in [0.05, 0.1) is 12.9 Å². The van der Waals surface area contributed by atoms with Gasteiger partial charge in [-0.2, -0.15) is 0 Å². The lowest BCUT2D eigenvalue weighted by Gasteiger charge is -2.63. The van der Waals surface area contributed by atoms with Gasteiger partial charge in [0.2, 0.25) is 0 Å². The molecule has 0 amide bonds. The number of aryl methyl sites for hydroxylation is 1. The lowest BCUT2D eigenvalue weighted by Crippen LogP contribution is -2.60. The second-order valence-electron chi connectivity index (χ2n) is 9.73. The zero-order valence-electron chi connectivity index (χ0n) is 16.2. The first-order valence-corrected chi connectivity index (χ1v) is 10.00. The van der Waals surface area contributed by atoms with Crippen LogP contribution in [0.15, 0.2) is 16.7 Å².